The average molecular weight is 197 g/mol. The highest BCUT2D eigenvalue weighted by Crippen LogP contribution is 2.23. The van der Waals surface area contributed by atoms with Gasteiger partial charge in [-0.15, -0.1) is 0 Å². The van der Waals surface area contributed by atoms with Crippen LogP contribution < -0.4 is 0 Å². The van der Waals surface area contributed by atoms with E-state index in [0.717, 1.165) is 5.56 Å². The lowest BCUT2D eigenvalue weighted by atomic mass is 10.0. The fourth-order valence-corrected chi connectivity index (χ4v) is 1.63. The molecule has 1 radical (unpaired) electrons. The lowest BCUT2D eigenvalue weighted by Crippen LogP contribution is -1.91. The molecular formula is C14H13O. The predicted molar refractivity (Wildman–Crippen MR) is 61.4 cm³/mol. The van der Waals surface area contributed by atoms with E-state index in [9.17, 15) is 0 Å². The van der Waals surface area contributed by atoms with Gasteiger partial charge in [-0.25, -0.2) is 0 Å². The molecule has 0 heterocycles. The third-order valence-electron chi connectivity index (χ3n) is 2.32. The highest BCUT2D eigenvalue weighted by Gasteiger charge is 2.02. The van der Waals surface area contributed by atoms with E-state index in [0.29, 0.717) is 6.61 Å². The summed E-state index contributed by atoms with van der Waals surface area (Å²) in [5.74, 6) is 0. The quantitative estimate of drug-likeness (QED) is 0.733. The molecule has 2 aromatic carbocycles. The number of methoxy groups -OCH3 is 1. The minimum atomic E-state index is 0.638. The number of hydrogen-bond donors (Lipinski definition) is 0. The van der Waals surface area contributed by atoms with Gasteiger partial charge in [-0.1, -0.05) is 48.5 Å². The Hall–Kier alpha value is -1.60. The Morgan fingerprint density at radius 1 is 1.07 bits per heavy atom. The summed E-state index contributed by atoms with van der Waals surface area (Å²) in [5, 5.41) is 0. The summed E-state index contributed by atoms with van der Waals surface area (Å²) >= 11 is 0. The second-order valence-electron chi connectivity index (χ2n) is 3.37. The molecule has 0 atom stereocenters. The summed E-state index contributed by atoms with van der Waals surface area (Å²) in [6, 6.07) is 19.5. The number of hydrogen-bond acceptors (Lipinski definition) is 1. The Morgan fingerprint density at radius 2 is 1.87 bits per heavy atom. The topological polar surface area (TPSA) is 9.23 Å². The van der Waals surface area contributed by atoms with Gasteiger partial charge in [0.25, 0.3) is 0 Å². The van der Waals surface area contributed by atoms with Gasteiger partial charge in [-0.05, 0) is 22.8 Å². The zero-order chi connectivity index (χ0) is 10.5. The van der Waals surface area contributed by atoms with Crippen molar-refractivity contribution in [1.29, 1.82) is 0 Å². The molecule has 0 saturated heterocycles. The van der Waals surface area contributed by atoms with Gasteiger partial charge in [0.05, 0.1) is 6.61 Å². The Bertz CT molecular complexity index is 420. The molecule has 0 aliphatic heterocycles. The summed E-state index contributed by atoms with van der Waals surface area (Å²) in [6.45, 7) is 0.638. The molecule has 0 unspecified atom stereocenters. The van der Waals surface area contributed by atoms with Crippen molar-refractivity contribution >= 4 is 0 Å². The number of ether oxygens (including phenoxy) is 1. The molecule has 0 saturated carbocycles. The van der Waals surface area contributed by atoms with Crippen molar-refractivity contribution in [1.82, 2.24) is 0 Å². The maximum absolute atomic E-state index is 5.18. The summed E-state index contributed by atoms with van der Waals surface area (Å²) in [7, 11) is 1.71. The van der Waals surface area contributed by atoms with Crippen molar-refractivity contribution in [3.63, 3.8) is 0 Å². The molecule has 0 aliphatic carbocycles. The van der Waals surface area contributed by atoms with E-state index in [4.69, 9.17) is 4.74 Å². The van der Waals surface area contributed by atoms with Crippen LogP contribution in [0.4, 0.5) is 0 Å². The van der Waals surface area contributed by atoms with Crippen molar-refractivity contribution < 1.29 is 4.74 Å². The van der Waals surface area contributed by atoms with Crippen LogP contribution in [0.25, 0.3) is 11.1 Å². The molecule has 0 fully saturated rings. The number of rotatable bonds is 3. The van der Waals surface area contributed by atoms with E-state index >= 15 is 0 Å². The highest BCUT2D eigenvalue weighted by molar-refractivity contribution is 5.66. The molecule has 2 rings (SSSR count). The van der Waals surface area contributed by atoms with Gasteiger partial charge in [0.1, 0.15) is 0 Å². The van der Waals surface area contributed by atoms with Crippen LogP contribution in [0.2, 0.25) is 0 Å². The molecule has 1 nitrogen and oxygen atoms in total. The summed E-state index contributed by atoms with van der Waals surface area (Å²) < 4.78 is 5.18. The molecule has 1 heteroatoms. The second kappa shape index (κ2) is 4.76. The van der Waals surface area contributed by atoms with Gasteiger partial charge in [0, 0.05) is 7.11 Å². The van der Waals surface area contributed by atoms with E-state index in [-0.39, 0.29) is 0 Å². The van der Waals surface area contributed by atoms with Crippen LogP contribution in [0.1, 0.15) is 5.56 Å². The van der Waals surface area contributed by atoms with Crippen LogP contribution >= 0.6 is 0 Å². The van der Waals surface area contributed by atoms with Crippen LogP contribution in [0.3, 0.4) is 0 Å². The lowest BCUT2D eigenvalue weighted by molar-refractivity contribution is 0.185. The van der Waals surface area contributed by atoms with E-state index in [1.165, 1.54) is 11.1 Å². The van der Waals surface area contributed by atoms with E-state index in [1.54, 1.807) is 7.11 Å². The number of benzene rings is 2. The van der Waals surface area contributed by atoms with Gasteiger partial charge in [0.15, 0.2) is 0 Å². The standard InChI is InChI=1S/C14H13O/c1-15-11-13-9-5-6-10-14(13)12-7-3-2-4-8-12/h2-7,9-10H,11H2,1H3. The molecule has 2 aromatic rings. The molecule has 0 N–H and O–H groups in total. The van der Waals surface area contributed by atoms with Crippen LogP contribution in [0.5, 0.6) is 0 Å². The second-order valence-corrected chi connectivity index (χ2v) is 3.37. The molecule has 15 heavy (non-hydrogen) atoms. The van der Waals surface area contributed by atoms with Gasteiger partial charge >= 0.3 is 0 Å². The average Bonchev–Trinajstić information content (AvgIpc) is 2.31. The minimum Gasteiger partial charge on any atom is -0.380 e. The van der Waals surface area contributed by atoms with Crippen molar-refractivity contribution in [3.05, 3.63) is 60.2 Å². The van der Waals surface area contributed by atoms with E-state index in [1.807, 2.05) is 30.3 Å². The Balaban J connectivity index is 2.43. The third kappa shape index (κ3) is 2.25. The van der Waals surface area contributed by atoms with E-state index < -0.39 is 0 Å². The van der Waals surface area contributed by atoms with Gasteiger partial charge in [-0.2, -0.15) is 0 Å². The first-order valence-corrected chi connectivity index (χ1v) is 4.96. The molecule has 0 spiro atoms. The van der Waals surface area contributed by atoms with Crippen molar-refractivity contribution in [3.8, 4) is 11.1 Å². The zero-order valence-electron chi connectivity index (χ0n) is 8.73. The highest BCUT2D eigenvalue weighted by atomic mass is 16.5. The first kappa shape index (κ1) is 9.94. The Labute approximate surface area is 90.3 Å². The summed E-state index contributed by atoms with van der Waals surface area (Å²) in [5.41, 5.74) is 3.51. The maximum atomic E-state index is 5.18. The smallest absolute Gasteiger partial charge is 0.0719 e. The van der Waals surface area contributed by atoms with Crippen LogP contribution in [-0.4, -0.2) is 7.11 Å². The van der Waals surface area contributed by atoms with Gasteiger partial charge in [0.2, 0.25) is 0 Å². The fourth-order valence-electron chi connectivity index (χ4n) is 1.63. The van der Waals surface area contributed by atoms with E-state index in [2.05, 4.69) is 24.3 Å². The van der Waals surface area contributed by atoms with Crippen LogP contribution in [-0.2, 0) is 11.3 Å². The predicted octanol–water partition coefficient (Wildman–Crippen LogP) is 3.30. The van der Waals surface area contributed by atoms with Crippen LogP contribution in [0, 0.1) is 6.07 Å². The largest absolute Gasteiger partial charge is 0.380 e. The molecule has 0 bridgehead atoms. The molecule has 75 valence electrons. The van der Waals surface area contributed by atoms with Crippen molar-refractivity contribution in [2.75, 3.05) is 7.11 Å². The molecular weight excluding hydrogens is 184 g/mol. The zero-order valence-corrected chi connectivity index (χ0v) is 8.73. The van der Waals surface area contributed by atoms with Crippen molar-refractivity contribution in [2.45, 2.75) is 6.61 Å². The lowest BCUT2D eigenvalue weighted by Gasteiger charge is -2.07. The monoisotopic (exact) mass is 197 g/mol. The van der Waals surface area contributed by atoms with Gasteiger partial charge < -0.3 is 4.74 Å². The minimum absolute atomic E-state index is 0.638. The molecule has 0 aromatic heterocycles. The SMILES string of the molecule is COCc1ccccc1-c1[c]cccc1. The summed E-state index contributed by atoms with van der Waals surface area (Å²) in [4.78, 5) is 0. The maximum Gasteiger partial charge on any atom is 0.0719 e. The first-order chi connectivity index (χ1) is 7.42. The van der Waals surface area contributed by atoms with Gasteiger partial charge in [-0.3, -0.25) is 0 Å². The normalized spacial score (nSPS) is 10.2. The Kier molecular flexibility index (Phi) is 3.15. The Morgan fingerprint density at radius 3 is 2.60 bits per heavy atom. The molecule has 0 amide bonds. The summed E-state index contributed by atoms with van der Waals surface area (Å²) in [6.07, 6.45) is 0. The fraction of sp³-hybridized carbons (Fsp3) is 0.143. The molecule has 0 aliphatic rings. The third-order valence-corrected chi connectivity index (χ3v) is 2.32. The first-order valence-electron chi connectivity index (χ1n) is 4.96. The van der Waals surface area contributed by atoms with Crippen LogP contribution in [0.15, 0.2) is 48.5 Å². The van der Waals surface area contributed by atoms with Crippen molar-refractivity contribution in [2.24, 2.45) is 0 Å².